The Kier molecular flexibility index (Phi) is 3.82. The summed E-state index contributed by atoms with van der Waals surface area (Å²) in [6.45, 7) is 4.34. The Hall–Kier alpha value is -1.20. The van der Waals surface area contributed by atoms with Crippen LogP contribution in [0.3, 0.4) is 0 Å². The van der Waals surface area contributed by atoms with Crippen LogP contribution in [0.2, 0.25) is 5.28 Å². The van der Waals surface area contributed by atoms with E-state index >= 15 is 0 Å². The van der Waals surface area contributed by atoms with Gasteiger partial charge in [-0.25, -0.2) is 9.97 Å². The molecule has 5 nitrogen and oxygen atoms in total. The zero-order valence-electron chi connectivity index (χ0n) is 10.6. The van der Waals surface area contributed by atoms with Gasteiger partial charge in [0.05, 0.1) is 11.1 Å². The molecule has 0 bridgehead atoms. The van der Waals surface area contributed by atoms with Gasteiger partial charge in [0.1, 0.15) is 0 Å². The highest BCUT2D eigenvalue weighted by molar-refractivity contribution is 6.28. The maximum Gasteiger partial charge on any atom is 0.227 e. The number of aromatic nitrogens is 2. The average Bonchev–Trinajstić information content (AvgIpc) is 2.71. The second kappa shape index (κ2) is 5.20. The predicted molar refractivity (Wildman–Crippen MR) is 69.1 cm³/mol. The molecule has 1 aliphatic rings. The highest BCUT2D eigenvalue weighted by Gasteiger charge is 2.39. The molecule has 6 heteroatoms. The van der Waals surface area contributed by atoms with E-state index in [4.69, 9.17) is 11.6 Å². The monoisotopic (exact) mass is 268 g/mol. The molecule has 0 radical (unpaired) electrons. The molecule has 1 saturated heterocycles. The molecule has 98 valence electrons. The number of hydrogen-bond acceptors (Lipinski definition) is 4. The summed E-state index contributed by atoms with van der Waals surface area (Å²) < 4.78 is 0. The fourth-order valence-electron chi connectivity index (χ4n) is 2.37. The molecule has 1 aliphatic heterocycles. The SMILES string of the molecule is CNC(=O)C1(C)CCN(Cc2ccnc(Cl)n2)C1. The zero-order valence-corrected chi connectivity index (χ0v) is 11.4. The van der Waals surface area contributed by atoms with Crippen molar-refractivity contribution < 1.29 is 4.79 Å². The molecule has 1 amide bonds. The number of rotatable bonds is 3. The summed E-state index contributed by atoms with van der Waals surface area (Å²) in [7, 11) is 1.68. The van der Waals surface area contributed by atoms with Gasteiger partial charge in [-0.2, -0.15) is 0 Å². The molecule has 1 aromatic rings. The molecule has 1 fully saturated rings. The van der Waals surface area contributed by atoms with Crippen LogP contribution in [0, 0.1) is 5.41 Å². The van der Waals surface area contributed by atoms with Gasteiger partial charge < -0.3 is 5.32 Å². The molecule has 1 atom stereocenters. The third kappa shape index (κ3) is 2.79. The van der Waals surface area contributed by atoms with Gasteiger partial charge in [-0.1, -0.05) is 0 Å². The lowest BCUT2D eigenvalue weighted by atomic mass is 9.89. The standard InChI is InChI=1S/C12H17ClN4O/c1-12(10(18)14-2)4-6-17(8-12)7-9-3-5-15-11(13)16-9/h3,5H,4,6-8H2,1-2H3,(H,14,18). The van der Waals surface area contributed by atoms with E-state index in [1.54, 1.807) is 13.2 Å². The summed E-state index contributed by atoms with van der Waals surface area (Å²) in [5.41, 5.74) is 0.585. The van der Waals surface area contributed by atoms with Crippen molar-refractivity contribution >= 4 is 17.5 Å². The van der Waals surface area contributed by atoms with Gasteiger partial charge in [0.15, 0.2) is 0 Å². The van der Waals surface area contributed by atoms with Crippen LogP contribution in [0.5, 0.6) is 0 Å². The highest BCUT2D eigenvalue weighted by atomic mass is 35.5. The van der Waals surface area contributed by atoms with Crippen molar-refractivity contribution in [1.29, 1.82) is 0 Å². The number of carbonyl (C=O) groups is 1. The molecule has 18 heavy (non-hydrogen) atoms. The molecule has 0 saturated carbocycles. The lowest BCUT2D eigenvalue weighted by Gasteiger charge is -2.22. The fraction of sp³-hybridized carbons (Fsp3) is 0.583. The van der Waals surface area contributed by atoms with E-state index in [0.717, 1.165) is 25.2 Å². The highest BCUT2D eigenvalue weighted by Crippen LogP contribution is 2.30. The largest absolute Gasteiger partial charge is 0.359 e. The van der Waals surface area contributed by atoms with Gasteiger partial charge in [-0.15, -0.1) is 0 Å². The first-order valence-corrected chi connectivity index (χ1v) is 6.33. The number of hydrogen-bond donors (Lipinski definition) is 1. The molecular weight excluding hydrogens is 252 g/mol. The van der Waals surface area contributed by atoms with Gasteiger partial charge in [0, 0.05) is 26.3 Å². The van der Waals surface area contributed by atoms with Crippen molar-refractivity contribution in [3.05, 3.63) is 23.2 Å². The van der Waals surface area contributed by atoms with Crippen molar-refractivity contribution in [2.24, 2.45) is 5.41 Å². The molecule has 0 spiro atoms. The first kappa shape index (κ1) is 13.2. The first-order valence-electron chi connectivity index (χ1n) is 5.95. The van der Waals surface area contributed by atoms with Crippen molar-refractivity contribution in [2.75, 3.05) is 20.1 Å². The summed E-state index contributed by atoms with van der Waals surface area (Å²) in [5.74, 6) is 0.103. The van der Waals surface area contributed by atoms with Gasteiger partial charge in [0.2, 0.25) is 11.2 Å². The Labute approximate surface area is 112 Å². The van der Waals surface area contributed by atoms with Gasteiger partial charge in [-0.3, -0.25) is 9.69 Å². The normalized spacial score (nSPS) is 24.2. The number of amides is 1. The second-order valence-electron chi connectivity index (χ2n) is 4.92. The molecular formula is C12H17ClN4O. The summed E-state index contributed by atoms with van der Waals surface area (Å²) in [4.78, 5) is 22.0. The minimum Gasteiger partial charge on any atom is -0.359 e. The van der Waals surface area contributed by atoms with Crippen LogP contribution >= 0.6 is 11.6 Å². The predicted octanol–water partition coefficient (Wildman–Crippen LogP) is 1.09. The Balaban J connectivity index is 2.00. The van der Waals surface area contributed by atoms with Gasteiger partial charge in [-0.05, 0) is 37.6 Å². The molecule has 1 unspecified atom stereocenters. The van der Waals surface area contributed by atoms with Crippen LogP contribution in [-0.2, 0) is 11.3 Å². The van der Waals surface area contributed by atoms with E-state index in [1.807, 2.05) is 13.0 Å². The van der Waals surface area contributed by atoms with Crippen molar-refractivity contribution in [1.82, 2.24) is 20.2 Å². The Morgan fingerprint density at radius 1 is 1.67 bits per heavy atom. The number of nitrogens with zero attached hydrogens (tertiary/aromatic N) is 3. The second-order valence-corrected chi connectivity index (χ2v) is 5.26. The third-order valence-corrected chi connectivity index (χ3v) is 3.58. The Morgan fingerprint density at radius 3 is 3.11 bits per heavy atom. The van der Waals surface area contributed by atoms with E-state index in [-0.39, 0.29) is 16.6 Å². The minimum atomic E-state index is -0.300. The molecule has 0 aromatic carbocycles. The smallest absolute Gasteiger partial charge is 0.227 e. The van der Waals surface area contributed by atoms with Crippen LogP contribution in [0.25, 0.3) is 0 Å². The van der Waals surface area contributed by atoms with Crippen LogP contribution in [0.1, 0.15) is 19.0 Å². The molecule has 0 aliphatic carbocycles. The maximum absolute atomic E-state index is 11.8. The summed E-state index contributed by atoms with van der Waals surface area (Å²) in [5, 5.41) is 2.99. The van der Waals surface area contributed by atoms with Crippen LogP contribution in [-0.4, -0.2) is 40.9 Å². The maximum atomic E-state index is 11.8. The number of likely N-dealkylation sites (tertiary alicyclic amines) is 1. The topological polar surface area (TPSA) is 58.1 Å². The van der Waals surface area contributed by atoms with E-state index in [1.165, 1.54) is 0 Å². The number of nitrogens with one attached hydrogen (secondary N) is 1. The van der Waals surface area contributed by atoms with Crippen molar-refractivity contribution in [2.45, 2.75) is 19.9 Å². The van der Waals surface area contributed by atoms with E-state index in [0.29, 0.717) is 6.54 Å². The Morgan fingerprint density at radius 2 is 2.44 bits per heavy atom. The molecule has 2 heterocycles. The lowest BCUT2D eigenvalue weighted by molar-refractivity contribution is -0.129. The van der Waals surface area contributed by atoms with Gasteiger partial charge >= 0.3 is 0 Å². The van der Waals surface area contributed by atoms with E-state index < -0.39 is 0 Å². The summed E-state index contributed by atoms with van der Waals surface area (Å²) in [6.07, 6.45) is 2.52. The summed E-state index contributed by atoms with van der Waals surface area (Å²) >= 11 is 5.75. The van der Waals surface area contributed by atoms with Gasteiger partial charge in [0.25, 0.3) is 0 Å². The van der Waals surface area contributed by atoms with Crippen molar-refractivity contribution in [3.8, 4) is 0 Å². The Bertz CT molecular complexity index is 453. The number of carbonyl (C=O) groups excluding carboxylic acids is 1. The quantitative estimate of drug-likeness (QED) is 0.834. The van der Waals surface area contributed by atoms with Crippen molar-refractivity contribution in [3.63, 3.8) is 0 Å². The van der Waals surface area contributed by atoms with Crippen LogP contribution < -0.4 is 5.32 Å². The number of halogens is 1. The average molecular weight is 269 g/mol. The van der Waals surface area contributed by atoms with Crippen LogP contribution in [0.4, 0.5) is 0 Å². The molecule has 2 rings (SSSR count). The zero-order chi connectivity index (χ0) is 13.2. The minimum absolute atomic E-state index is 0.103. The summed E-state index contributed by atoms with van der Waals surface area (Å²) in [6, 6.07) is 1.85. The third-order valence-electron chi connectivity index (χ3n) is 3.40. The lowest BCUT2D eigenvalue weighted by Crippen LogP contribution is -2.39. The van der Waals surface area contributed by atoms with E-state index in [9.17, 15) is 4.79 Å². The van der Waals surface area contributed by atoms with Crippen LogP contribution in [0.15, 0.2) is 12.3 Å². The first-order chi connectivity index (χ1) is 8.53. The van der Waals surface area contributed by atoms with E-state index in [2.05, 4.69) is 20.2 Å². The fourth-order valence-corrected chi connectivity index (χ4v) is 2.53. The molecule has 1 N–H and O–H groups in total. The molecule has 1 aromatic heterocycles.